The predicted octanol–water partition coefficient (Wildman–Crippen LogP) is 4.11. The Hall–Kier alpha value is -4.05. The monoisotopic (exact) mass is 1360 g/mol. The molecule has 0 amide bonds. The van der Waals surface area contributed by atoms with Crippen molar-refractivity contribution in [2.45, 2.75) is 283 Å². The molecule has 0 radical (unpaired) electrons. The summed E-state index contributed by atoms with van der Waals surface area (Å²) in [5.74, 6) is -2.05. The third-order valence-electron chi connectivity index (χ3n) is 23.0. The van der Waals surface area contributed by atoms with Crippen molar-refractivity contribution in [1.82, 2.24) is 4.98 Å². The summed E-state index contributed by atoms with van der Waals surface area (Å²) in [7, 11) is 6.34. The van der Waals surface area contributed by atoms with Gasteiger partial charge in [-0.1, -0.05) is 55.8 Å². The van der Waals surface area contributed by atoms with E-state index in [1.165, 1.54) is 25.6 Å². The van der Waals surface area contributed by atoms with Gasteiger partial charge in [-0.2, -0.15) is 0 Å². The summed E-state index contributed by atoms with van der Waals surface area (Å²) in [4.78, 5) is 31.6. The van der Waals surface area contributed by atoms with E-state index in [1.807, 2.05) is 57.2 Å². The summed E-state index contributed by atoms with van der Waals surface area (Å²) in [5, 5.41) is 80.9. The Morgan fingerprint density at radius 2 is 1.19 bits per heavy atom. The highest BCUT2D eigenvalue weighted by molar-refractivity contribution is 5.89. The average molecular weight is 1360 g/mol. The van der Waals surface area contributed by atoms with E-state index in [-0.39, 0.29) is 43.8 Å². The van der Waals surface area contributed by atoms with Gasteiger partial charge in [-0.15, -0.1) is 0 Å². The minimum absolute atomic E-state index is 0.0458. The maximum Gasteiger partial charge on any atom is 0.340 e. The van der Waals surface area contributed by atoms with Crippen LogP contribution >= 0.6 is 0 Å². The molecule has 536 valence electrons. The number of pyridine rings is 1. The van der Waals surface area contributed by atoms with E-state index >= 15 is 0 Å². The Morgan fingerprint density at radius 3 is 1.70 bits per heavy atom. The van der Waals surface area contributed by atoms with Gasteiger partial charge in [0.25, 0.3) is 0 Å². The van der Waals surface area contributed by atoms with E-state index in [9.17, 15) is 45.3 Å². The fourth-order valence-electron chi connectivity index (χ4n) is 17.4. The van der Waals surface area contributed by atoms with Crippen molar-refractivity contribution >= 4 is 18.0 Å². The molecule has 5 saturated heterocycles. The van der Waals surface area contributed by atoms with E-state index in [4.69, 9.17) is 75.8 Å². The minimum Gasteiger partial charge on any atom is -0.458 e. The van der Waals surface area contributed by atoms with Crippen molar-refractivity contribution in [3.05, 3.63) is 83.7 Å². The summed E-state index contributed by atoms with van der Waals surface area (Å²) in [6, 6.07) is 12.4. The molecule has 1 aromatic heterocycles. The molecule has 30 atom stereocenters. The lowest BCUT2D eigenvalue weighted by Crippen LogP contribution is -2.78. The SMILES string of the molecule is COC1CC(OC2CCC3(C)C(=CCC4(O)C3CC(OC(=O)C=Cc3ccccc3)C3(C)C(O)(C(C)OC(=O)c5cccnc5)CCC43O)C2)OC(C)C1OC1CC(OC)C(OC2CC(OC)C(OC3CC(OC)C(OC4OC(CO)C(O)C(O)C4O)C(C)O3)C(C)O2)C(C)O1. The molecule has 2 aromatic rings. The number of aliphatic hydroxyl groups excluding tert-OH is 4. The molecule has 7 N–H and O–H groups in total. The van der Waals surface area contributed by atoms with Crippen molar-refractivity contribution in [2.75, 3.05) is 35.0 Å². The molecule has 26 heteroatoms. The quantitative estimate of drug-likeness (QED) is 0.0525. The molecule has 8 fully saturated rings. The van der Waals surface area contributed by atoms with Crippen LogP contribution in [0, 0.1) is 16.7 Å². The lowest BCUT2D eigenvalue weighted by atomic mass is 9.42. The first-order valence-corrected chi connectivity index (χ1v) is 34.0. The maximum atomic E-state index is 14.0. The third kappa shape index (κ3) is 13.8. The number of rotatable bonds is 21. The van der Waals surface area contributed by atoms with Gasteiger partial charge in [0, 0.05) is 78.5 Å². The first-order valence-electron chi connectivity index (χ1n) is 34.0. The Balaban J connectivity index is 0.694. The lowest BCUT2D eigenvalue weighted by molar-refractivity contribution is -0.359. The normalized spacial score (nSPS) is 46.0. The number of nitrogens with zero attached hydrogens (tertiary/aromatic N) is 1. The fraction of sp³-hybridized carbons (Fsp3) is 0.757. The first kappa shape index (κ1) is 73.2. The molecular weight excluding hydrogens is 1250 g/mol. The summed E-state index contributed by atoms with van der Waals surface area (Å²) >= 11 is 0. The number of benzene rings is 1. The second kappa shape index (κ2) is 29.9. The summed E-state index contributed by atoms with van der Waals surface area (Å²) < 4.78 is 101. The second-order valence-corrected chi connectivity index (χ2v) is 28.2. The Kier molecular flexibility index (Phi) is 22.8. The molecule has 4 aliphatic carbocycles. The molecule has 9 aliphatic rings. The van der Waals surface area contributed by atoms with Crippen LogP contribution in [0.3, 0.4) is 0 Å². The third-order valence-corrected chi connectivity index (χ3v) is 23.0. The summed E-state index contributed by atoms with van der Waals surface area (Å²) in [5.41, 5.74) is -6.25. The zero-order chi connectivity index (χ0) is 68.8. The second-order valence-electron chi connectivity index (χ2n) is 28.2. The average Bonchev–Trinajstić information content (AvgIpc) is 1.38. The van der Waals surface area contributed by atoms with Gasteiger partial charge in [-0.05, 0) is 109 Å². The van der Waals surface area contributed by atoms with Gasteiger partial charge in [0.1, 0.15) is 77.8 Å². The van der Waals surface area contributed by atoms with Crippen LogP contribution in [0.5, 0.6) is 0 Å². The smallest absolute Gasteiger partial charge is 0.340 e. The number of hydrogen-bond acceptors (Lipinski definition) is 26. The van der Waals surface area contributed by atoms with Gasteiger partial charge in [-0.25, -0.2) is 9.59 Å². The van der Waals surface area contributed by atoms with Crippen molar-refractivity contribution < 1.29 is 121 Å². The largest absolute Gasteiger partial charge is 0.458 e. The number of hydrogen-bond donors (Lipinski definition) is 7. The van der Waals surface area contributed by atoms with Crippen LogP contribution in [0.25, 0.3) is 6.08 Å². The number of aliphatic hydroxyl groups is 7. The summed E-state index contributed by atoms with van der Waals surface area (Å²) in [6.45, 7) is 12.1. The van der Waals surface area contributed by atoms with E-state index in [0.29, 0.717) is 38.5 Å². The van der Waals surface area contributed by atoms with Gasteiger partial charge in [0.15, 0.2) is 31.5 Å². The van der Waals surface area contributed by atoms with E-state index in [1.54, 1.807) is 60.3 Å². The number of esters is 2. The molecule has 5 aliphatic heterocycles. The molecular formula is C70H101NO25. The molecule has 1 aromatic carbocycles. The van der Waals surface area contributed by atoms with E-state index in [0.717, 1.165) is 11.1 Å². The van der Waals surface area contributed by atoms with Crippen LogP contribution in [-0.2, 0) is 80.6 Å². The van der Waals surface area contributed by atoms with Gasteiger partial charge < -0.3 is 112 Å². The summed E-state index contributed by atoms with van der Waals surface area (Å²) in [6.07, 6.45) is -8.95. The standard InChI is InChI=1S/C70H101NO25/c1-36-60(93-54-30-46(82-9)61(37(2)86-54)94-55-31-47(83-10)62(38(3)87-55)95-56-32-48(84-11)63(39(4)88-56)96-65-59(76)58(75)57(74)49(35-72)91-65)45(81-8)29-53(85-36)90-44-22-23-66(6)43(28-44)21-24-69(79)50(66)33-51(92-52(73)20-19-41-16-13-12-14-17-41)67(7)68(78,25-26-70(67,69)80)40(5)89-64(77)42-18-15-27-71-34-42/h12-21,27,34,36-40,44-51,53-63,65,72,74-76,78-80H,22-26,28-33,35H2,1-11H3. The highest BCUT2D eigenvalue weighted by atomic mass is 16.8. The topological polar surface area (TPSA) is 336 Å². The van der Waals surface area contributed by atoms with Gasteiger partial charge in [0.05, 0.1) is 72.5 Å². The number of carbonyl (C=O) groups is 2. The van der Waals surface area contributed by atoms with Crippen molar-refractivity contribution in [3.63, 3.8) is 0 Å². The molecule has 11 rings (SSSR count). The Bertz CT molecular complexity index is 2990. The van der Waals surface area contributed by atoms with E-state index in [2.05, 4.69) is 11.9 Å². The van der Waals surface area contributed by atoms with Crippen LogP contribution in [0.2, 0.25) is 0 Å². The van der Waals surface area contributed by atoms with Crippen LogP contribution in [0.4, 0.5) is 0 Å². The maximum absolute atomic E-state index is 14.0. The van der Waals surface area contributed by atoms with Crippen LogP contribution in [0.15, 0.2) is 72.6 Å². The molecule has 30 unspecified atom stereocenters. The molecule has 26 nitrogen and oxygen atoms in total. The van der Waals surface area contributed by atoms with Crippen molar-refractivity contribution in [2.24, 2.45) is 16.7 Å². The molecule has 3 saturated carbocycles. The Morgan fingerprint density at radius 1 is 0.656 bits per heavy atom. The lowest BCUT2D eigenvalue weighted by Gasteiger charge is -2.67. The highest BCUT2D eigenvalue weighted by Gasteiger charge is 2.81. The number of aromatic nitrogens is 1. The first-order chi connectivity index (χ1) is 45.8. The number of ether oxygens (including phenoxy) is 16. The molecule has 0 bridgehead atoms. The predicted molar refractivity (Wildman–Crippen MR) is 337 cm³/mol. The highest BCUT2D eigenvalue weighted by Crippen LogP contribution is 2.71. The number of methoxy groups -OCH3 is 4. The Labute approximate surface area is 561 Å². The molecule has 96 heavy (non-hydrogen) atoms. The van der Waals surface area contributed by atoms with Crippen LogP contribution in [0.1, 0.15) is 135 Å². The van der Waals surface area contributed by atoms with Crippen LogP contribution in [-0.4, -0.2) is 252 Å². The van der Waals surface area contributed by atoms with Crippen molar-refractivity contribution in [3.8, 4) is 0 Å². The molecule has 6 heterocycles. The van der Waals surface area contributed by atoms with Gasteiger partial charge in [0.2, 0.25) is 0 Å². The zero-order valence-electron chi connectivity index (χ0n) is 56.8. The molecule has 0 spiro atoms. The van der Waals surface area contributed by atoms with Crippen molar-refractivity contribution in [1.29, 1.82) is 0 Å². The van der Waals surface area contributed by atoms with Gasteiger partial charge in [-0.3, -0.25) is 4.98 Å². The van der Waals surface area contributed by atoms with Gasteiger partial charge >= 0.3 is 11.9 Å². The fourth-order valence-corrected chi connectivity index (χ4v) is 17.4. The van der Waals surface area contributed by atoms with Crippen LogP contribution < -0.4 is 0 Å². The minimum atomic E-state index is -2.03. The number of carbonyl (C=O) groups excluding carboxylic acids is 2. The van der Waals surface area contributed by atoms with E-state index < -0.39 is 193 Å². The zero-order valence-corrected chi connectivity index (χ0v) is 56.8. The number of fused-ring (bicyclic) bond motifs is 5.